The number of hydrogen-bond acceptors (Lipinski definition) is 4. The maximum Gasteiger partial charge on any atom is 0.228 e. The van der Waals surface area contributed by atoms with Crippen molar-refractivity contribution in [3.05, 3.63) is 23.8 Å². The number of halogens is 1. The lowest BCUT2D eigenvalue weighted by atomic mass is 10.1. The zero-order valence-electron chi connectivity index (χ0n) is 10.9. The number of hydrogen-bond donors (Lipinski definition) is 2. The predicted octanol–water partition coefficient (Wildman–Crippen LogP) is 1.45. The van der Waals surface area contributed by atoms with Crippen molar-refractivity contribution in [3.63, 3.8) is 0 Å². The molecule has 0 radical (unpaired) electrons. The third-order valence-corrected chi connectivity index (χ3v) is 5.45. The van der Waals surface area contributed by atoms with E-state index >= 15 is 0 Å². The standard InChI is InChI=1S/C13H16N2O3S.ClH/c16-13(10-4-6-19(17,18)8-10)15-11-1-2-12-9(7-11)3-5-14-12;/h1-2,7,10,14H,3-6,8H2,(H,15,16);1H. The van der Waals surface area contributed by atoms with Gasteiger partial charge >= 0.3 is 0 Å². The van der Waals surface area contributed by atoms with Gasteiger partial charge in [0, 0.05) is 17.9 Å². The summed E-state index contributed by atoms with van der Waals surface area (Å²) in [7, 11) is -3.01. The third kappa shape index (κ3) is 3.07. The highest BCUT2D eigenvalue weighted by Crippen LogP contribution is 2.26. The maximum absolute atomic E-state index is 12.0. The minimum atomic E-state index is -3.01. The van der Waals surface area contributed by atoms with E-state index in [4.69, 9.17) is 0 Å². The summed E-state index contributed by atoms with van der Waals surface area (Å²) in [5.41, 5.74) is 3.05. The SMILES string of the molecule is Cl.O=C(Nc1ccc2c(c1)CCN2)C1CCS(=O)(=O)C1. The summed E-state index contributed by atoms with van der Waals surface area (Å²) in [5.74, 6) is -0.492. The van der Waals surface area contributed by atoms with Crippen LogP contribution >= 0.6 is 12.4 Å². The van der Waals surface area contributed by atoms with E-state index in [2.05, 4.69) is 10.6 Å². The Morgan fingerprint density at radius 2 is 2.15 bits per heavy atom. The summed E-state index contributed by atoms with van der Waals surface area (Å²) >= 11 is 0. The summed E-state index contributed by atoms with van der Waals surface area (Å²) in [6.45, 7) is 0.924. The number of anilines is 2. The first-order valence-electron chi connectivity index (χ1n) is 6.42. The molecule has 2 aliphatic rings. The van der Waals surface area contributed by atoms with Crippen LogP contribution in [0.25, 0.3) is 0 Å². The van der Waals surface area contributed by atoms with Crippen LogP contribution in [-0.2, 0) is 21.1 Å². The molecule has 5 nitrogen and oxygen atoms in total. The van der Waals surface area contributed by atoms with Gasteiger partial charge in [0.1, 0.15) is 0 Å². The van der Waals surface area contributed by atoms with Gasteiger partial charge in [0.2, 0.25) is 5.91 Å². The molecule has 0 aromatic heterocycles. The molecule has 0 bridgehead atoms. The highest BCUT2D eigenvalue weighted by molar-refractivity contribution is 7.91. The largest absolute Gasteiger partial charge is 0.384 e. The fraction of sp³-hybridized carbons (Fsp3) is 0.462. The normalized spacial score (nSPS) is 22.5. The van der Waals surface area contributed by atoms with Gasteiger partial charge in [-0.1, -0.05) is 0 Å². The molecular weight excluding hydrogens is 300 g/mol. The predicted molar refractivity (Wildman–Crippen MR) is 81.3 cm³/mol. The Bertz CT molecular complexity index is 631. The maximum atomic E-state index is 12.0. The summed E-state index contributed by atoms with van der Waals surface area (Å²) in [4.78, 5) is 12.0. The van der Waals surface area contributed by atoms with Crippen LogP contribution in [-0.4, -0.2) is 32.4 Å². The fourth-order valence-electron chi connectivity index (χ4n) is 2.63. The first-order valence-corrected chi connectivity index (χ1v) is 8.24. The number of nitrogens with one attached hydrogen (secondary N) is 2. The lowest BCUT2D eigenvalue weighted by Gasteiger charge is -2.10. The number of rotatable bonds is 2. The molecule has 1 atom stereocenters. The Hall–Kier alpha value is -1.27. The molecular formula is C13H17ClN2O3S. The topological polar surface area (TPSA) is 75.3 Å². The van der Waals surface area contributed by atoms with Crippen molar-refractivity contribution in [1.82, 2.24) is 0 Å². The Labute approximate surface area is 124 Å². The summed E-state index contributed by atoms with van der Waals surface area (Å²) in [5, 5.41) is 6.07. The molecule has 0 spiro atoms. The van der Waals surface area contributed by atoms with E-state index < -0.39 is 15.8 Å². The summed E-state index contributed by atoms with van der Waals surface area (Å²) < 4.78 is 22.7. The Morgan fingerprint density at radius 1 is 1.35 bits per heavy atom. The van der Waals surface area contributed by atoms with Gasteiger partial charge in [0.05, 0.1) is 17.4 Å². The number of amides is 1. The molecule has 1 amide bonds. The zero-order valence-corrected chi connectivity index (χ0v) is 12.5. The van der Waals surface area contributed by atoms with E-state index in [0.717, 1.165) is 24.3 Å². The summed E-state index contributed by atoms with van der Waals surface area (Å²) in [6.07, 6.45) is 1.39. The van der Waals surface area contributed by atoms with Crippen LogP contribution in [0.3, 0.4) is 0 Å². The van der Waals surface area contributed by atoms with Crippen LogP contribution in [0.5, 0.6) is 0 Å². The molecule has 3 rings (SSSR count). The van der Waals surface area contributed by atoms with Crippen molar-refractivity contribution >= 4 is 39.5 Å². The Kier molecular flexibility index (Phi) is 4.25. The van der Waals surface area contributed by atoms with Gasteiger partial charge in [0.25, 0.3) is 0 Å². The van der Waals surface area contributed by atoms with Crippen molar-refractivity contribution in [2.24, 2.45) is 5.92 Å². The van der Waals surface area contributed by atoms with Crippen LogP contribution in [0.4, 0.5) is 11.4 Å². The first kappa shape index (κ1) is 15.1. The van der Waals surface area contributed by atoms with Crippen molar-refractivity contribution in [3.8, 4) is 0 Å². The molecule has 20 heavy (non-hydrogen) atoms. The van der Waals surface area contributed by atoms with E-state index in [1.807, 2.05) is 18.2 Å². The molecule has 1 aromatic carbocycles. The second-order valence-electron chi connectivity index (χ2n) is 5.14. The molecule has 1 unspecified atom stereocenters. The molecule has 1 fully saturated rings. The lowest BCUT2D eigenvalue weighted by Crippen LogP contribution is -2.23. The minimum Gasteiger partial charge on any atom is -0.384 e. The average molecular weight is 317 g/mol. The Balaban J connectivity index is 0.00000147. The third-order valence-electron chi connectivity index (χ3n) is 3.69. The number of carbonyl (C=O) groups excluding carboxylic acids is 1. The van der Waals surface area contributed by atoms with Crippen molar-refractivity contribution in [2.75, 3.05) is 28.7 Å². The van der Waals surface area contributed by atoms with E-state index in [9.17, 15) is 13.2 Å². The lowest BCUT2D eigenvalue weighted by molar-refractivity contribution is -0.119. The van der Waals surface area contributed by atoms with E-state index in [1.54, 1.807) is 0 Å². The quantitative estimate of drug-likeness (QED) is 0.866. The van der Waals surface area contributed by atoms with Gasteiger partial charge in [-0.3, -0.25) is 4.79 Å². The molecule has 1 saturated heterocycles. The van der Waals surface area contributed by atoms with Crippen molar-refractivity contribution < 1.29 is 13.2 Å². The van der Waals surface area contributed by atoms with Gasteiger partial charge in [0.15, 0.2) is 9.84 Å². The van der Waals surface area contributed by atoms with Gasteiger partial charge in [-0.15, -0.1) is 12.4 Å². The average Bonchev–Trinajstić information content (AvgIpc) is 2.94. The van der Waals surface area contributed by atoms with Gasteiger partial charge in [-0.25, -0.2) is 8.42 Å². The van der Waals surface area contributed by atoms with E-state index in [0.29, 0.717) is 6.42 Å². The Morgan fingerprint density at radius 3 is 2.85 bits per heavy atom. The second kappa shape index (κ2) is 5.61. The van der Waals surface area contributed by atoms with E-state index in [1.165, 1.54) is 5.56 Å². The first-order chi connectivity index (χ1) is 9.03. The number of carbonyl (C=O) groups is 1. The fourth-order valence-corrected chi connectivity index (χ4v) is 4.37. The highest BCUT2D eigenvalue weighted by Gasteiger charge is 2.32. The smallest absolute Gasteiger partial charge is 0.228 e. The molecule has 2 aliphatic heterocycles. The van der Waals surface area contributed by atoms with Crippen LogP contribution in [0.15, 0.2) is 18.2 Å². The van der Waals surface area contributed by atoms with Crippen LogP contribution in [0.1, 0.15) is 12.0 Å². The molecule has 2 N–H and O–H groups in total. The van der Waals surface area contributed by atoms with Gasteiger partial charge < -0.3 is 10.6 Å². The minimum absolute atomic E-state index is 0. The van der Waals surface area contributed by atoms with Crippen LogP contribution in [0.2, 0.25) is 0 Å². The summed E-state index contributed by atoms with van der Waals surface area (Å²) in [6, 6.07) is 5.75. The van der Waals surface area contributed by atoms with E-state index in [-0.39, 0.29) is 29.8 Å². The van der Waals surface area contributed by atoms with Crippen LogP contribution in [0, 0.1) is 5.92 Å². The van der Waals surface area contributed by atoms with Crippen LogP contribution < -0.4 is 10.6 Å². The molecule has 0 saturated carbocycles. The number of benzene rings is 1. The number of sulfone groups is 1. The molecule has 1 aromatic rings. The second-order valence-corrected chi connectivity index (χ2v) is 7.37. The number of fused-ring (bicyclic) bond motifs is 1. The van der Waals surface area contributed by atoms with Crippen molar-refractivity contribution in [2.45, 2.75) is 12.8 Å². The van der Waals surface area contributed by atoms with Gasteiger partial charge in [-0.05, 0) is 36.6 Å². The monoisotopic (exact) mass is 316 g/mol. The molecule has 2 heterocycles. The molecule has 110 valence electrons. The zero-order chi connectivity index (χ0) is 13.5. The van der Waals surface area contributed by atoms with Gasteiger partial charge in [-0.2, -0.15) is 0 Å². The molecule has 0 aliphatic carbocycles. The van der Waals surface area contributed by atoms with Crippen molar-refractivity contribution in [1.29, 1.82) is 0 Å². The molecule has 7 heteroatoms. The highest BCUT2D eigenvalue weighted by atomic mass is 35.5.